The first kappa shape index (κ1) is 21.0. The third-order valence-corrected chi connectivity index (χ3v) is 6.29. The number of rotatable bonds is 6. The maximum absolute atomic E-state index is 12.5. The van der Waals surface area contributed by atoms with E-state index in [2.05, 4.69) is 10.0 Å². The van der Waals surface area contributed by atoms with Gasteiger partial charge in [0.05, 0.1) is 27.7 Å². The first-order chi connectivity index (χ1) is 14.9. The Bertz CT molecular complexity index is 1200. The van der Waals surface area contributed by atoms with Crippen molar-refractivity contribution in [2.45, 2.75) is 11.0 Å². The topological polar surface area (TPSA) is 93.7 Å². The number of anilines is 1. The average molecular weight is 459 g/mol. The fourth-order valence-corrected chi connectivity index (χ4v) is 4.38. The van der Waals surface area contributed by atoms with Crippen LogP contribution in [0.1, 0.15) is 10.4 Å². The number of hydrogen-bond acceptors (Lipinski definition) is 5. The molecule has 7 nitrogen and oxygen atoms in total. The predicted molar refractivity (Wildman–Crippen MR) is 117 cm³/mol. The minimum absolute atomic E-state index is 0.122. The van der Waals surface area contributed by atoms with Crippen LogP contribution in [-0.4, -0.2) is 33.6 Å². The Kier molecular flexibility index (Phi) is 6.01. The Hall–Kier alpha value is -3.23. The maximum atomic E-state index is 12.5. The predicted octanol–water partition coefficient (Wildman–Crippen LogP) is 3.71. The van der Waals surface area contributed by atoms with Gasteiger partial charge in [0.2, 0.25) is 0 Å². The molecule has 31 heavy (non-hydrogen) atoms. The molecule has 0 fully saturated rings. The number of nitrogens with one attached hydrogen (secondary N) is 2. The number of ether oxygens (including phenoxy) is 2. The lowest BCUT2D eigenvalue weighted by molar-refractivity contribution is 0.0789. The molecule has 0 saturated heterocycles. The molecule has 0 spiro atoms. The fourth-order valence-electron chi connectivity index (χ4n) is 3.04. The molecule has 9 heteroatoms. The van der Waals surface area contributed by atoms with Gasteiger partial charge < -0.3 is 14.8 Å². The van der Waals surface area contributed by atoms with Gasteiger partial charge in [0.25, 0.3) is 15.9 Å². The van der Waals surface area contributed by atoms with Gasteiger partial charge in [0.1, 0.15) is 12.7 Å². The van der Waals surface area contributed by atoms with Crippen LogP contribution in [0.4, 0.5) is 5.69 Å². The lowest BCUT2D eigenvalue weighted by atomic mass is 10.2. The van der Waals surface area contributed by atoms with E-state index in [1.807, 2.05) is 18.2 Å². The number of halogens is 1. The molecule has 160 valence electrons. The number of hydrogen-bond donors (Lipinski definition) is 2. The summed E-state index contributed by atoms with van der Waals surface area (Å²) in [6.07, 6.45) is -0.338. The molecule has 0 radical (unpaired) electrons. The third kappa shape index (κ3) is 4.92. The number of fused-ring (bicyclic) bond motifs is 1. The van der Waals surface area contributed by atoms with Gasteiger partial charge in [0, 0.05) is 0 Å². The largest absolute Gasteiger partial charge is 0.486 e. The Morgan fingerprint density at radius 3 is 2.45 bits per heavy atom. The second kappa shape index (κ2) is 8.87. The number of carbonyl (C=O) groups is 1. The van der Waals surface area contributed by atoms with Crippen LogP contribution in [-0.2, 0) is 10.0 Å². The zero-order valence-electron chi connectivity index (χ0n) is 16.2. The Morgan fingerprint density at radius 2 is 1.71 bits per heavy atom. The van der Waals surface area contributed by atoms with Crippen molar-refractivity contribution in [3.8, 4) is 11.5 Å². The van der Waals surface area contributed by atoms with Gasteiger partial charge in [0.15, 0.2) is 11.5 Å². The second-order valence-corrected chi connectivity index (χ2v) is 8.91. The van der Waals surface area contributed by atoms with E-state index in [0.717, 1.165) is 0 Å². The van der Waals surface area contributed by atoms with Crippen LogP contribution in [0.15, 0.2) is 77.7 Å². The quantitative estimate of drug-likeness (QED) is 0.587. The van der Waals surface area contributed by atoms with E-state index < -0.39 is 15.9 Å². The molecule has 0 aliphatic carbocycles. The second-order valence-electron chi connectivity index (χ2n) is 6.82. The molecule has 1 heterocycles. The molecule has 0 saturated carbocycles. The highest BCUT2D eigenvalue weighted by Crippen LogP contribution is 2.30. The SMILES string of the molecule is O=C(NC[C@H]1COc2ccccc2O1)c1ccc(NS(=O)(=O)c2ccccc2)cc1Cl. The Balaban J connectivity index is 1.38. The summed E-state index contributed by atoms with van der Waals surface area (Å²) in [4.78, 5) is 12.7. The van der Waals surface area contributed by atoms with Crippen LogP contribution in [0.2, 0.25) is 5.02 Å². The summed E-state index contributed by atoms with van der Waals surface area (Å²) in [7, 11) is -3.75. The van der Waals surface area contributed by atoms with E-state index in [4.69, 9.17) is 21.1 Å². The first-order valence-electron chi connectivity index (χ1n) is 9.46. The van der Waals surface area contributed by atoms with Gasteiger partial charge >= 0.3 is 0 Å². The summed E-state index contributed by atoms with van der Waals surface area (Å²) in [5.41, 5.74) is 0.479. The van der Waals surface area contributed by atoms with Crippen molar-refractivity contribution in [2.75, 3.05) is 17.9 Å². The van der Waals surface area contributed by atoms with Gasteiger partial charge in [-0.15, -0.1) is 0 Å². The molecule has 1 amide bonds. The van der Waals surface area contributed by atoms with Crippen molar-refractivity contribution in [1.29, 1.82) is 0 Å². The minimum atomic E-state index is -3.75. The van der Waals surface area contributed by atoms with Gasteiger partial charge in [-0.05, 0) is 42.5 Å². The van der Waals surface area contributed by atoms with Crippen LogP contribution >= 0.6 is 11.6 Å². The first-order valence-corrected chi connectivity index (χ1v) is 11.3. The number of para-hydroxylation sites is 2. The van der Waals surface area contributed by atoms with E-state index in [9.17, 15) is 13.2 Å². The molecule has 0 bridgehead atoms. The lowest BCUT2D eigenvalue weighted by Gasteiger charge is -2.26. The zero-order valence-corrected chi connectivity index (χ0v) is 17.8. The highest BCUT2D eigenvalue weighted by atomic mass is 35.5. The highest BCUT2D eigenvalue weighted by molar-refractivity contribution is 7.92. The van der Waals surface area contributed by atoms with Crippen LogP contribution in [0.25, 0.3) is 0 Å². The standard InChI is InChI=1S/C22H19ClN2O5S/c23-19-12-15(25-31(27,28)17-6-2-1-3-7-17)10-11-18(19)22(26)24-13-16-14-29-20-8-4-5-9-21(20)30-16/h1-12,16,25H,13-14H2,(H,24,26)/t16-/m0/s1. The minimum Gasteiger partial charge on any atom is -0.486 e. The molecule has 3 aromatic carbocycles. The molecule has 3 aromatic rings. The molecule has 1 aliphatic heterocycles. The van der Waals surface area contributed by atoms with E-state index in [0.29, 0.717) is 18.1 Å². The fraction of sp³-hybridized carbons (Fsp3) is 0.136. The Morgan fingerprint density at radius 1 is 1.00 bits per heavy atom. The maximum Gasteiger partial charge on any atom is 0.261 e. The van der Waals surface area contributed by atoms with E-state index in [-0.39, 0.29) is 33.8 Å². The number of carbonyl (C=O) groups excluding carboxylic acids is 1. The van der Waals surface area contributed by atoms with Gasteiger partial charge in [-0.25, -0.2) is 8.42 Å². The molecule has 1 atom stereocenters. The van der Waals surface area contributed by atoms with Crippen molar-refractivity contribution in [3.63, 3.8) is 0 Å². The Labute approximate surface area is 185 Å². The van der Waals surface area contributed by atoms with E-state index in [1.54, 1.807) is 24.3 Å². The highest BCUT2D eigenvalue weighted by Gasteiger charge is 2.22. The summed E-state index contributed by atoms with van der Waals surface area (Å²) in [5, 5.41) is 2.89. The molecular formula is C22H19ClN2O5S. The van der Waals surface area contributed by atoms with Gasteiger partial charge in [-0.1, -0.05) is 41.9 Å². The number of amides is 1. The van der Waals surface area contributed by atoms with Crippen LogP contribution in [0, 0.1) is 0 Å². The lowest BCUT2D eigenvalue weighted by Crippen LogP contribution is -2.40. The van der Waals surface area contributed by atoms with Crippen LogP contribution < -0.4 is 19.5 Å². The van der Waals surface area contributed by atoms with E-state index in [1.165, 1.54) is 30.3 Å². The van der Waals surface area contributed by atoms with Crippen molar-refractivity contribution >= 4 is 33.2 Å². The number of sulfonamides is 1. The summed E-state index contributed by atoms with van der Waals surface area (Å²) in [6, 6.07) is 19.6. The average Bonchev–Trinajstić information content (AvgIpc) is 2.78. The summed E-state index contributed by atoms with van der Waals surface area (Å²) in [5.74, 6) is 0.896. The van der Waals surface area contributed by atoms with Crippen molar-refractivity contribution in [2.24, 2.45) is 0 Å². The van der Waals surface area contributed by atoms with Crippen LogP contribution in [0.5, 0.6) is 11.5 Å². The molecule has 0 unspecified atom stereocenters. The summed E-state index contributed by atoms with van der Waals surface area (Å²) in [6.45, 7) is 0.539. The number of benzene rings is 3. The van der Waals surface area contributed by atoms with Gasteiger partial charge in [-0.3, -0.25) is 9.52 Å². The molecule has 1 aliphatic rings. The molecule has 4 rings (SSSR count). The third-order valence-electron chi connectivity index (χ3n) is 4.58. The molecule has 2 N–H and O–H groups in total. The normalized spacial score (nSPS) is 15.2. The van der Waals surface area contributed by atoms with Gasteiger partial charge in [-0.2, -0.15) is 0 Å². The van der Waals surface area contributed by atoms with Crippen molar-refractivity contribution in [3.05, 3.63) is 83.4 Å². The molecular weight excluding hydrogens is 440 g/mol. The monoisotopic (exact) mass is 458 g/mol. The molecule has 0 aromatic heterocycles. The van der Waals surface area contributed by atoms with E-state index >= 15 is 0 Å². The van der Waals surface area contributed by atoms with Crippen molar-refractivity contribution < 1.29 is 22.7 Å². The summed E-state index contributed by atoms with van der Waals surface area (Å²) < 4.78 is 38.8. The smallest absolute Gasteiger partial charge is 0.261 e. The zero-order chi connectivity index (χ0) is 21.8. The van der Waals surface area contributed by atoms with Crippen LogP contribution in [0.3, 0.4) is 0 Å². The summed E-state index contributed by atoms with van der Waals surface area (Å²) >= 11 is 6.24. The van der Waals surface area contributed by atoms with Crippen molar-refractivity contribution in [1.82, 2.24) is 5.32 Å².